The Morgan fingerprint density at radius 2 is 1.76 bits per heavy atom. The van der Waals surface area contributed by atoms with Gasteiger partial charge in [-0.2, -0.15) is 0 Å². The molecule has 0 bridgehead atoms. The fourth-order valence-electron chi connectivity index (χ4n) is 3.45. The van der Waals surface area contributed by atoms with Crippen LogP contribution in [0.1, 0.15) is 22.3 Å². The Morgan fingerprint density at radius 3 is 2.47 bits per heavy atom. The van der Waals surface area contributed by atoms with Gasteiger partial charge < -0.3 is 9.47 Å². The Bertz CT molecular complexity index is 1270. The summed E-state index contributed by atoms with van der Waals surface area (Å²) in [7, 11) is 1.57. The molecular formula is C26H21Br2NO4S. The van der Waals surface area contributed by atoms with Gasteiger partial charge in [-0.15, -0.1) is 0 Å². The van der Waals surface area contributed by atoms with Gasteiger partial charge in [0, 0.05) is 4.47 Å². The van der Waals surface area contributed by atoms with Crippen LogP contribution in [-0.2, 0) is 17.9 Å². The van der Waals surface area contributed by atoms with E-state index < -0.39 is 0 Å². The lowest BCUT2D eigenvalue weighted by Gasteiger charge is -2.15. The van der Waals surface area contributed by atoms with Gasteiger partial charge in [0.2, 0.25) is 0 Å². The number of nitrogens with zero attached hydrogens (tertiary/aromatic N) is 1. The van der Waals surface area contributed by atoms with Crippen molar-refractivity contribution in [1.82, 2.24) is 4.90 Å². The molecule has 0 radical (unpaired) electrons. The zero-order valence-electron chi connectivity index (χ0n) is 18.5. The number of carbonyl (C=O) groups is 2. The van der Waals surface area contributed by atoms with Crippen LogP contribution in [-0.4, -0.2) is 23.2 Å². The molecule has 0 unspecified atom stereocenters. The molecule has 0 aliphatic carbocycles. The lowest BCUT2D eigenvalue weighted by molar-refractivity contribution is -0.123. The summed E-state index contributed by atoms with van der Waals surface area (Å²) in [5, 5.41) is -0.289. The maximum absolute atomic E-state index is 12.9. The molecule has 0 N–H and O–H groups in total. The predicted molar refractivity (Wildman–Crippen MR) is 142 cm³/mol. The van der Waals surface area contributed by atoms with E-state index in [2.05, 4.69) is 31.9 Å². The first-order valence-electron chi connectivity index (χ1n) is 10.4. The van der Waals surface area contributed by atoms with E-state index in [1.54, 1.807) is 19.3 Å². The van der Waals surface area contributed by atoms with Gasteiger partial charge in [0.15, 0.2) is 11.5 Å². The summed E-state index contributed by atoms with van der Waals surface area (Å²) in [6, 6.07) is 19.2. The molecule has 3 aromatic carbocycles. The number of carbonyl (C=O) groups excluding carboxylic acids is 2. The van der Waals surface area contributed by atoms with Gasteiger partial charge in [0.25, 0.3) is 11.1 Å². The molecule has 1 aliphatic heterocycles. The fourth-order valence-corrected chi connectivity index (χ4v) is 5.12. The van der Waals surface area contributed by atoms with E-state index >= 15 is 0 Å². The van der Waals surface area contributed by atoms with Crippen LogP contribution in [0.3, 0.4) is 0 Å². The maximum atomic E-state index is 12.9. The van der Waals surface area contributed by atoms with E-state index in [9.17, 15) is 9.59 Å². The van der Waals surface area contributed by atoms with Crippen molar-refractivity contribution in [1.29, 1.82) is 0 Å². The Balaban J connectivity index is 1.53. The first kappa shape index (κ1) is 24.6. The average molecular weight is 603 g/mol. The molecule has 174 valence electrons. The van der Waals surface area contributed by atoms with Crippen LogP contribution in [0.25, 0.3) is 6.08 Å². The molecule has 1 aliphatic rings. The Kier molecular flexibility index (Phi) is 7.80. The van der Waals surface area contributed by atoms with Crippen molar-refractivity contribution in [3.8, 4) is 11.5 Å². The van der Waals surface area contributed by atoms with Crippen LogP contribution in [0, 0.1) is 6.92 Å². The largest absolute Gasteiger partial charge is 0.493 e. The number of imide groups is 1. The molecule has 4 rings (SSSR count). The Labute approximate surface area is 219 Å². The van der Waals surface area contributed by atoms with Crippen LogP contribution >= 0.6 is 43.6 Å². The van der Waals surface area contributed by atoms with Crippen LogP contribution < -0.4 is 9.47 Å². The number of aryl methyl sites for hydroxylation is 1. The van der Waals surface area contributed by atoms with Gasteiger partial charge in [0.05, 0.1) is 23.0 Å². The van der Waals surface area contributed by atoms with E-state index in [0.717, 1.165) is 38.5 Å². The molecule has 34 heavy (non-hydrogen) atoms. The number of hydrogen-bond acceptors (Lipinski definition) is 5. The fraction of sp³-hybridized carbons (Fsp3) is 0.154. The first-order valence-corrected chi connectivity index (χ1v) is 12.8. The lowest BCUT2D eigenvalue weighted by atomic mass is 10.1. The van der Waals surface area contributed by atoms with Gasteiger partial charge in [-0.3, -0.25) is 14.5 Å². The summed E-state index contributed by atoms with van der Waals surface area (Å²) in [6.07, 6.45) is 1.70. The van der Waals surface area contributed by atoms with Crippen molar-refractivity contribution in [3.05, 3.63) is 96.8 Å². The lowest BCUT2D eigenvalue weighted by Crippen LogP contribution is -2.27. The highest BCUT2D eigenvalue weighted by molar-refractivity contribution is 9.10. The van der Waals surface area contributed by atoms with Crippen molar-refractivity contribution in [2.75, 3.05) is 7.11 Å². The minimum Gasteiger partial charge on any atom is -0.493 e. The molecule has 2 amide bonds. The second-order valence-corrected chi connectivity index (χ2v) is 10.4. The molecule has 8 heteroatoms. The second-order valence-electron chi connectivity index (χ2n) is 7.64. The quantitative estimate of drug-likeness (QED) is 0.265. The third-order valence-corrected chi connectivity index (χ3v) is 7.34. The van der Waals surface area contributed by atoms with Crippen molar-refractivity contribution >= 4 is 60.8 Å². The van der Waals surface area contributed by atoms with E-state index in [1.165, 1.54) is 4.90 Å². The molecule has 0 saturated carbocycles. The van der Waals surface area contributed by atoms with Crippen LogP contribution in [0.5, 0.6) is 11.5 Å². The molecule has 1 heterocycles. The standard InChI is InChI=1S/C26H21Br2NO4S/c1-16-5-3-4-6-19(16)15-33-24-21(28)11-18(12-22(24)32-2)13-23-25(30)29(26(31)34-23)14-17-7-9-20(27)10-8-17/h3-13H,14-15H2,1-2H3/b23-13-. The number of methoxy groups -OCH3 is 1. The topological polar surface area (TPSA) is 55.8 Å². The van der Waals surface area contributed by atoms with Crippen molar-refractivity contribution in [2.24, 2.45) is 0 Å². The van der Waals surface area contributed by atoms with E-state index in [1.807, 2.05) is 61.5 Å². The number of hydrogen-bond donors (Lipinski definition) is 0. The van der Waals surface area contributed by atoms with Gasteiger partial charge in [-0.25, -0.2) is 0 Å². The first-order chi connectivity index (χ1) is 16.4. The molecule has 3 aromatic rings. The minimum absolute atomic E-state index is 0.230. The number of benzene rings is 3. The summed E-state index contributed by atoms with van der Waals surface area (Å²) < 4.78 is 13.2. The van der Waals surface area contributed by atoms with E-state index in [4.69, 9.17) is 9.47 Å². The SMILES string of the molecule is COc1cc(/C=C2\SC(=O)N(Cc3ccc(Br)cc3)C2=O)cc(Br)c1OCc1ccccc1C. The van der Waals surface area contributed by atoms with Crippen molar-refractivity contribution < 1.29 is 19.1 Å². The zero-order valence-corrected chi connectivity index (χ0v) is 22.5. The second kappa shape index (κ2) is 10.8. The van der Waals surface area contributed by atoms with E-state index in [0.29, 0.717) is 27.5 Å². The van der Waals surface area contributed by atoms with Gasteiger partial charge >= 0.3 is 0 Å². The molecular weight excluding hydrogens is 582 g/mol. The summed E-state index contributed by atoms with van der Waals surface area (Å²) in [5.74, 6) is 0.794. The highest BCUT2D eigenvalue weighted by atomic mass is 79.9. The number of rotatable bonds is 7. The number of halogens is 2. The molecule has 0 spiro atoms. The molecule has 0 atom stereocenters. The molecule has 1 fully saturated rings. The number of ether oxygens (including phenoxy) is 2. The summed E-state index contributed by atoms with van der Waals surface area (Å²) in [4.78, 5) is 27.1. The van der Waals surface area contributed by atoms with Gasteiger partial charge in [0.1, 0.15) is 6.61 Å². The molecule has 5 nitrogen and oxygen atoms in total. The Morgan fingerprint density at radius 1 is 1.03 bits per heavy atom. The monoisotopic (exact) mass is 601 g/mol. The van der Waals surface area contributed by atoms with Crippen LogP contribution in [0.15, 0.2) is 74.5 Å². The molecule has 0 aromatic heterocycles. The number of amides is 2. The van der Waals surface area contributed by atoms with Crippen molar-refractivity contribution in [2.45, 2.75) is 20.1 Å². The normalized spacial score (nSPS) is 14.7. The third kappa shape index (κ3) is 5.56. The third-order valence-electron chi connectivity index (χ3n) is 5.31. The average Bonchev–Trinajstić information content (AvgIpc) is 3.07. The summed E-state index contributed by atoms with van der Waals surface area (Å²) in [5.41, 5.74) is 3.83. The van der Waals surface area contributed by atoms with E-state index in [-0.39, 0.29) is 17.7 Å². The van der Waals surface area contributed by atoms with Gasteiger partial charge in [-0.1, -0.05) is 52.3 Å². The van der Waals surface area contributed by atoms with Gasteiger partial charge in [-0.05, 0) is 87.2 Å². The van der Waals surface area contributed by atoms with Crippen LogP contribution in [0.2, 0.25) is 0 Å². The Hall–Kier alpha value is -2.55. The molecule has 1 saturated heterocycles. The van der Waals surface area contributed by atoms with Crippen LogP contribution in [0.4, 0.5) is 4.79 Å². The summed E-state index contributed by atoms with van der Waals surface area (Å²) in [6.45, 7) is 2.67. The highest BCUT2D eigenvalue weighted by Crippen LogP contribution is 2.40. The predicted octanol–water partition coefficient (Wildman–Crippen LogP) is 7.34. The number of thioether (sulfide) groups is 1. The van der Waals surface area contributed by atoms with Crippen molar-refractivity contribution in [3.63, 3.8) is 0 Å². The maximum Gasteiger partial charge on any atom is 0.293 e. The zero-order chi connectivity index (χ0) is 24.2. The summed E-state index contributed by atoms with van der Waals surface area (Å²) >= 11 is 7.89. The highest BCUT2D eigenvalue weighted by Gasteiger charge is 2.35. The minimum atomic E-state index is -0.312. The smallest absolute Gasteiger partial charge is 0.293 e.